The maximum absolute atomic E-state index is 11.4. The third kappa shape index (κ3) is 35.1. The molecule has 4 rings (SSSR count). The largest absolute Gasteiger partial charge is 3.00 e. The minimum Gasteiger partial charge on any atom is 2.00 e. The van der Waals surface area contributed by atoms with Crippen molar-refractivity contribution in [1.82, 2.24) is 0 Å². The molecular weight excluding hydrogens is 1400 g/mol. The monoisotopic (exact) mass is 1500 g/mol. The summed E-state index contributed by atoms with van der Waals surface area (Å²) in [6.07, 6.45) is 0. The first-order valence-electron chi connectivity index (χ1n) is 28.7. The number of rotatable bonds is 16. The van der Waals surface area contributed by atoms with Crippen LogP contribution in [0.3, 0.4) is 0 Å². The molecule has 4 aromatic rings. The summed E-state index contributed by atoms with van der Waals surface area (Å²) < 4.78 is 59.2. The average molecular weight is 1500 g/mol. The molecule has 21 heteroatoms. The second kappa shape index (κ2) is 40.3. The second-order valence-corrected chi connectivity index (χ2v) is 28.0. The molecule has 0 atom stereocenters. The molecular formula is C66H96Cl4F6Mo2O8P. The van der Waals surface area contributed by atoms with Gasteiger partial charge >= 0.3 is 75.1 Å². The molecule has 4 aromatic carbocycles. The number of carboxylic acid groups (broad SMARTS) is 4. The van der Waals surface area contributed by atoms with E-state index in [1.807, 2.05) is 159 Å². The molecule has 0 heterocycles. The molecule has 87 heavy (non-hydrogen) atoms. The molecule has 1 radical (unpaired) electrons. The fraction of sp³-hybridized carbons (Fsp3) is 0.576. The SMILES string of the molecule is CC(C)c1cc(C(C)C)c(C(=O)[O-])c(C(C)C)c1.CC(C)c1cc(C(C)C)c(C(=O)[O-])c(C(C)C)c1.CC(C)c1cc(C(C)C)c(C(=O)[O-])c(C(C)C)c1.CC(C)c1cc(C(C)C)c(C(=O)[O-])c(C(C)C)c1.ClCCl.ClCCl.F[P-](F)(F)(F)(F)F.[Mo+2].[Mo+3]. The minimum absolute atomic E-state index is 0. The molecule has 0 spiro atoms. The molecule has 495 valence electrons. The van der Waals surface area contributed by atoms with Crippen LogP contribution in [0.25, 0.3) is 0 Å². The Labute approximate surface area is 566 Å². The summed E-state index contributed by atoms with van der Waals surface area (Å²) in [4.78, 5) is 45.7. The van der Waals surface area contributed by atoms with Crippen LogP contribution in [0.15, 0.2) is 48.5 Å². The normalized spacial score (nSPS) is 11.9. The smallest absolute Gasteiger partial charge is 2.00 e. The Hall–Kier alpha value is -2.69. The third-order valence-electron chi connectivity index (χ3n) is 13.3. The number of benzene rings is 4. The number of carbonyl (C=O) groups is 4. The van der Waals surface area contributed by atoms with Crippen LogP contribution in [0, 0.1) is 0 Å². The van der Waals surface area contributed by atoms with Crippen molar-refractivity contribution in [1.29, 1.82) is 0 Å². The Bertz CT molecular complexity index is 2310. The van der Waals surface area contributed by atoms with Gasteiger partial charge in [0.15, 0.2) is 0 Å². The van der Waals surface area contributed by atoms with Gasteiger partial charge in [0.2, 0.25) is 0 Å². The van der Waals surface area contributed by atoms with E-state index in [1.54, 1.807) is 0 Å². The van der Waals surface area contributed by atoms with Crippen LogP contribution in [0.2, 0.25) is 0 Å². The van der Waals surface area contributed by atoms with Crippen molar-refractivity contribution < 1.29 is 107 Å². The van der Waals surface area contributed by atoms with Crippen LogP contribution in [-0.4, -0.2) is 34.6 Å². The maximum atomic E-state index is 11.4. The van der Waals surface area contributed by atoms with Crippen molar-refractivity contribution in [2.24, 2.45) is 0 Å². The van der Waals surface area contributed by atoms with E-state index >= 15 is 0 Å². The van der Waals surface area contributed by atoms with Crippen molar-refractivity contribution in [3.8, 4) is 0 Å². The predicted molar refractivity (Wildman–Crippen MR) is 339 cm³/mol. The third-order valence-corrected chi connectivity index (χ3v) is 13.3. The number of hydrogen-bond acceptors (Lipinski definition) is 8. The van der Waals surface area contributed by atoms with Gasteiger partial charge < -0.3 is 39.6 Å². The number of carbonyl (C=O) groups excluding carboxylic acids is 4. The van der Waals surface area contributed by atoms with E-state index < -0.39 is 31.7 Å². The van der Waals surface area contributed by atoms with Crippen LogP contribution in [0.5, 0.6) is 0 Å². The Morgan fingerprint density at radius 2 is 0.379 bits per heavy atom. The summed E-state index contributed by atoms with van der Waals surface area (Å²) in [5, 5.41) is 46.1. The van der Waals surface area contributed by atoms with E-state index in [1.165, 1.54) is 22.3 Å². The summed E-state index contributed by atoms with van der Waals surface area (Å²) >= 11 is 19.1. The van der Waals surface area contributed by atoms with Crippen molar-refractivity contribution >= 4 is 78.1 Å². The van der Waals surface area contributed by atoms with Gasteiger partial charge in [0, 0.05) is 22.3 Å². The predicted octanol–water partition coefficient (Wildman–Crippen LogP) is 19.9. The van der Waals surface area contributed by atoms with E-state index in [9.17, 15) is 64.8 Å². The van der Waals surface area contributed by atoms with E-state index in [-0.39, 0.29) is 100 Å². The zero-order chi connectivity index (χ0) is 68.0. The van der Waals surface area contributed by atoms with Crippen molar-refractivity contribution in [3.05, 3.63) is 138 Å². The fourth-order valence-corrected chi connectivity index (χ4v) is 8.77. The van der Waals surface area contributed by atoms with Gasteiger partial charge in [-0.1, -0.05) is 215 Å². The quantitative estimate of drug-likeness (QED) is 0.0464. The molecule has 0 aliphatic heterocycles. The standard InChI is InChI=1S/4C16H24O2.2CH2Cl2.F6P.2Mo/c4*1-9(2)12-7-13(10(3)4)15(16(17)18)14(8-12)11(5)6;2*2-1-3;1-7(2,3,4,5)6;;/h4*7-11H,1-6H3,(H,17,18);2*1H2;;;/q;;;;;;-1;+2;+3/p-4. The minimum atomic E-state index is -10.7. The number of alkyl halides is 4. The molecule has 0 aliphatic rings. The molecule has 0 saturated heterocycles. The molecule has 0 aliphatic carbocycles. The first-order valence-corrected chi connectivity index (χ1v) is 32.8. The van der Waals surface area contributed by atoms with Gasteiger partial charge in [0.05, 0.1) is 34.6 Å². The Morgan fingerprint density at radius 3 is 0.425 bits per heavy atom. The van der Waals surface area contributed by atoms with Crippen LogP contribution < -0.4 is 20.4 Å². The number of hydrogen-bond donors (Lipinski definition) is 0. The van der Waals surface area contributed by atoms with E-state index in [4.69, 9.17) is 46.4 Å². The first kappa shape index (κ1) is 93.0. The van der Waals surface area contributed by atoms with Crippen LogP contribution in [-0.2, 0) is 42.1 Å². The van der Waals surface area contributed by atoms with Crippen molar-refractivity contribution in [3.63, 3.8) is 0 Å². The molecule has 0 aromatic heterocycles. The van der Waals surface area contributed by atoms with Gasteiger partial charge in [0.1, 0.15) is 0 Å². The van der Waals surface area contributed by atoms with E-state index in [0.29, 0.717) is 45.9 Å². The fourth-order valence-electron chi connectivity index (χ4n) is 8.77. The summed E-state index contributed by atoms with van der Waals surface area (Å²) in [5.74, 6) is -1.12. The zero-order valence-corrected chi connectivity index (χ0v) is 63.2. The average Bonchev–Trinajstić information content (AvgIpc) is 3.34. The molecule has 0 saturated carbocycles. The van der Waals surface area contributed by atoms with Gasteiger partial charge in [-0.2, -0.15) is 0 Å². The molecule has 0 bridgehead atoms. The van der Waals surface area contributed by atoms with Crippen LogP contribution in [0.4, 0.5) is 25.2 Å². The molecule has 0 fully saturated rings. The summed E-state index contributed by atoms with van der Waals surface area (Å²) in [5.41, 5.74) is 13.5. The van der Waals surface area contributed by atoms with Gasteiger partial charge in [-0.15, -0.1) is 46.4 Å². The van der Waals surface area contributed by atoms with Crippen molar-refractivity contribution in [2.75, 3.05) is 10.7 Å². The van der Waals surface area contributed by atoms with Crippen molar-refractivity contribution in [2.45, 2.75) is 237 Å². The summed E-state index contributed by atoms with van der Waals surface area (Å²) in [6.45, 7) is 49.4. The molecule has 0 N–H and O–H groups in total. The van der Waals surface area contributed by atoms with Gasteiger partial charge in [-0.05, 0) is 138 Å². The van der Waals surface area contributed by atoms with E-state index in [2.05, 4.69) is 55.4 Å². The van der Waals surface area contributed by atoms with Crippen LogP contribution in [0.1, 0.15) is 345 Å². The second-order valence-electron chi connectivity index (χ2n) is 24.5. The zero-order valence-electron chi connectivity index (χ0n) is 55.3. The number of aromatic carboxylic acids is 4. The molecule has 0 unspecified atom stereocenters. The molecule has 0 amide bonds. The topological polar surface area (TPSA) is 161 Å². The van der Waals surface area contributed by atoms with Gasteiger partial charge in [-0.25, -0.2) is 0 Å². The molecule has 8 nitrogen and oxygen atoms in total. The van der Waals surface area contributed by atoms with E-state index in [0.717, 1.165) is 44.5 Å². The summed E-state index contributed by atoms with van der Waals surface area (Å²) in [7, 11) is -10.7. The Balaban J connectivity index is -0.000000319. The van der Waals surface area contributed by atoms with Crippen LogP contribution >= 0.6 is 54.2 Å². The number of halogens is 10. The maximum Gasteiger partial charge on any atom is 3.00 e. The summed E-state index contributed by atoms with van der Waals surface area (Å²) in [6, 6.07) is 16.2. The Morgan fingerprint density at radius 1 is 0.299 bits per heavy atom. The van der Waals surface area contributed by atoms with Gasteiger partial charge in [-0.3, -0.25) is 0 Å². The van der Waals surface area contributed by atoms with Gasteiger partial charge in [0.25, 0.3) is 0 Å². The first-order chi connectivity index (χ1) is 38.3. The number of carboxylic acids is 4. The Kier molecular flexibility index (Phi) is 43.1.